The number of nitrogens with one attached hydrogen (secondary N) is 2. The van der Waals surface area contributed by atoms with E-state index in [-0.39, 0.29) is 22.7 Å². The number of amides is 1. The summed E-state index contributed by atoms with van der Waals surface area (Å²) >= 11 is 7.47. The number of allylic oxidation sites excluding steroid dienone is 1. The van der Waals surface area contributed by atoms with Crippen LogP contribution in [-0.2, 0) is 4.79 Å². The number of hydrogen-bond acceptors (Lipinski definition) is 6. The zero-order chi connectivity index (χ0) is 22.6. The molecule has 1 saturated heterocycles. The molecule has 3 aliphatic heterocycles. The minimum absolute atomic E-state index is 0.106. The molecule has 1 amide bonds. The molecule has 6 nitrogen and oxygen atoms in total. The van der Waals surface area contributed by atoms with Gasteiger partial charge in [0.25, 0.3) is 5.91 Å². The smallest absolute Gasteiger partial charge is 0.476 e. The molecule has 3 aliphatic rings. The summed E-state index contributed by atoms with van der Waals surface area (Å²) in [6.45, 7) is -0.165. The standard InChI is InChI=1S/C20H13ClF4N4O2S/c21-12-5-10(6-13-17(12)31-8-15(30)27-13)18-16(9-1-3-11(22)4-2-9)28-29-14(20(23,24)25)7-26-19(29)32-18/h1-7,16,18,28H,8H2,(H,27,30)/q+1. The number of aliphatic imine (C=N–C) groups is 1. The molecule has 3 heterocycles. The first-order valence-corrected chi connectivity index (χ1v) is 10.6. The van der Waals surface area contributed by atoms with Crippen molar-refractivity contribution in [2.24, 2.45) is 4.99 Å². The molecule has 2 N–H and O–H groups in total. The lowest BCUT2D eigenvalue weighted by Gasteiger charge is -2.32. The molecule has 1 fully saturated rings. The third kappa shape index (κ3) is 3.75. The van der Waals surface area contributed by atoms with Gasteiger partial charge in [-0.25, -0.2) is 4.39 Å². The van der Waals surface area contributed by atoms with E-state index in [1.807, 2.05) is 0 Å². The summed E-state index contributed by atoms with van der Waals surface area (Å²) in [6.07, 6.45) is -3.86. The minimum atomic E-state index is -4.62. The maximum Gasteiger partial charge on any atom is 0.476 e. The van der Waals surface area contributed by atoms with Crippen molar-refractivity contribution in [3.8, 4) is 5.75 Å². The summed E-state index contributed by atoms with van der Waals surface area (Å²) in [4.78, 5) is 15.7. The van der Waals surface area contributed by atoms with Crippen LogP contribution in [0.25, 0.3) is 0 Å². The van der Waals surface area contributed by atoms with Crippen molar-refractivity contribution in [3.05, 3.63) is 70.3 Å². The predicted molar refractivity (Wildman–Crippen MR) is 112 cm³/mol. The van der Waals surface area contributed by atoms with Gasteiger partial charge >= 0.3 is 17.0 Å². The summed E-state index contributed by atoms with van der Waals surface area (Å²) in [7, 11) is 0. The number of hydrogen-bond donors (Lipinski definition) is 2. The van der Waals surface area contributed by atoms with Gasteiger partial charge in [-0.3, -0.25) is 4.79 Å². The Hall–Kier alpha value is -2.60. The molecule has 2 aromatic rings. The number of hydrazine groups is 1. The number of ether oxygens (including phenoxy) is 1. The molecule has 1 radical (unpaired) electrons. The first kappa shape index (κ1) is 21.3. The molecule has 0 aromatic heterocycles. The van der Waals surface area contributed by atoms with Crippen molar-refractivity contribution in [3.63, 3.8) is 0 Å². The van der Waals surface area contributed by atoms with Gasteiger partial charge in [0.15, 0.2) is 12.4 Å². The van der Waals surface area contributed by atoms with Crippen LogP contribution in [0.1, 0.15) is 22.4 Å². The number of carbonyl (C=O) groups excluding carboxylic acids is 1. The third-order valence-corrected chi connectivity index (χ3v) is 6.65. The summed E-state index contributed by atoms with van der Waals surface area (Å²) in [5.41, 5.74) is 3.47. The highest BCUT2D eigenvalue weighted by molar-refractivity contribution is 8.14. The highest BCUT2D eigenvalue weighted by atomic mass is 35.5. The monoisotopic (exact) mass is 484 g/mol. The fourth-order valence-corrected chi connectivity index (χ4v) is 5.16. The Bertz CT molecular complexity index is 1170. The minimum Gasteiger partial charge on any atom is -0.480 e. The van der Waals surface area contributed by atoms with Gasteiger partial charge in [0, 0.05) is 5.01 Å². The van der Waals surface area contributed by atoms with Crippen LogP contribution in [0.15, 0.2) is 53.3 Å². The molecule has 12 heteroatoms. The van der Waals surface area contributed by atoms with Gasteiger partial charge in [-0.1, -0.05) is 29.2 Å². The largest absolute Gasteiger partial charge is 0.480 e. The average molecular weight is 485 g/mol. The van der Waals surface area contributed by atoms with Crippen LogP contribution in [0.3, 0.4) is 0 Å². The highest BCUT2D eigenvalue weighted by Gasteiger charge is 2.57. The molecular weight excluding hydrogens is 472 g/mol. The molecule has 0 saturated carbocycles. The number of thioether (sulfide) groups is 1. The van der Waals surface area contributed by atoms with Gasteiger partial charge in [0.05, 0.1) is 16.0 Å². The van der Waals surface area contributed by atoms with E-state index >= 15 is 0 Å². The van der Waals surface area contributed by atoms with E-state index in [9.17, 15) is 22.4 Å². The molecular formula is C20H13ClF4N4O2S+. The fraction of sp³-hybridized carbons (Fsp3) is 0.200. The number of alkyl halides is 3. The van der Waals surface area contributed by atoms with E-state index in [4.69, 9.17) is 16.3 Å². The third-order valence-electron chi connectivity index (χ3n) is 5.07. The van der Waals surface area contributed by atoms with Crippen LogP contribution in [0.4, 0.5) is 23.2 Å². The van der Waals surface area contributed by atoms with Gasteiger partial charge in [0.2, 0.25) is 0 Å². The summed E-state index contributed by atoms with van der Waals surface area (Å²) < 4.78 is 59.3. The van der Waals surface area contributed by atoms with E-state index in [0.29, 0.717) is 22.6 Å². The Morgan fingerprint density at radius 3 is 2.66 bits per heavy atom. The second-order valence-corrected chi connectivity index (χ2v) is 8.69. The van der Waals surface area contributed by atoms with Gasteiger partial charge < -0.3 is 10.1 Å². The summed E-state index contributed by atoms with van der Waals surface area (Å²) in [5.74, 6) is -0.492. The lowest BCUT2D eigenvalue weighted by Crippen LogP contribution is -2.54. The Balaban J connectivity index is 1.56. The van der Waals surface area contributed by atoms with Crippen molar-refractivity contribution < 1.29 is 27.1 Å². The maximum atomic E-state index is 13.5. The highest BCUT2D eigenvalue weighted by Crippen LogP contribution is 2.49. The van der Waals surface area contributed by atoms with E-state index in [0.717, 1.165) is 23.0 Å². The van der Waals surface area contributed by atoms with Crippen LogP contribution in [0.2, 0.25) is 5.02 Å². The van der Waals surface area contributed by atoms with E-state index in [1.54, 1.807) is 12.1 Å². The van der Waals surface area contributed by atoms with Gasteiger partial charge in [-0.2, -0.15) is 18.2 Å². The normalized spacial score (nSPS) is 23.0. The molecule has 165 valence electrons. The molecule has 0 bridgehead atoms. The summed E-state index contributed by atoms with van der Waals surface area (Å²) in [5, 5.41) is 3.43. The van der Waals surface area contributed by atoms with Crippen molar-refractivity contribution in [1.29, 1.82) is 0 Å². The Labute approximate surface area is 188 Å². The predicted octanol–water partition coefficient (Wildman–Crippen LogP) is 4.76. The number of fused-ring (bicyclic) bond motifs is 2. The molecule has 2 aromatic carbocycles. The van der Waals surface area contributed by atoms with E-state index < -0.39 is 29.0 Å². The second kappa shape index (κ2) is 7.77. The Kier molecular flexibility index (Phi) is 5.16. The number of anilines is 1. The van der Waals surface area contributed by atoms with Gasteiger partial charge in [-0.05, 0) is 47.2 Å². The van der Waals surface area contributed by atoms with Crippen LogP contribution in [0, 0.1) is 5.82 Å². The quantitative estimate of drug-likeness (QED) is 0.476. The lowest BCUT2D eigenvalue weighted by atomic mass is 9.97. The van der Waals surface area contributed by atoms with Crippen LogP contribution >= 0.6 is 23.4 Å². The SMILES string of the molecule is O=C1COc2c(Cl)cc(C3SC4=NC=C(C(F)(F)F)[N+]4NC3c3ccc(F)cc3)cc2N1. The van der Waals surface area contributed by atoms with Crippen molar-refractivity contribution in [1.82, 2.24) is 10.4 Å². The molecule has 2 atom stereocenters. The van der Waals surface area contributed by atoms with Crippen molar-refractivity contribution >= 4 is 40.1 Å². The number of benzene rings is 2. The van der Waals surface area contributed by atoms with Gasteiger partial charge in [-0.15, -0.1) is 0 Å². The van der Waals surface area contributed by atoms with Crippen molar-refractivity contribution in [2.75, 3.05) is 11.9 Å². The molecule has 0 aliphatic carbocycles. The number of halogens is 5. The van der Waals surface area contributed by atoms with Gasteiger partial charge in [0.1, 0.15) is 18.1 Å². The van der Waals surface area contributed by atoms with Crippen molar-refractivity contribution in [2.45, 2.75) is 17.5 Å². The lowest BCUT2D eigenvalue weighted by molar-refractivity contribution is -0.118. The number of carbonyl (C=O) groups is 1. The van der Waals surface area contributed by atoms with Crippen LogP contribution in [0.5, 0.6) is 5.75 Å². The van der Waals surface area contributed by atoms with E-state index in [1.165, 1.54) is 24.3 Å². The van der Waals surface area contributed by atoms with Crippen LogP contribution < -0.4 is 20.5 Å². The maximum absolute atomic E-state index is 13.5. The number of nitrogens with zero attached hydrogens (tertiary/aromatic N) is 2. The first-order chi connectivity index (χ1) is 15.2. The molecule has 2 unspecified atom stereocenters. The first-order valence-electron chi connectivity index (χ1n) is 9.30. The zero-order valence-corrected chi connectivity index (χ0v) is 17.5. The molecule has 5 rings (SSSR count). The van der Waals surface area contributed by atoms with Crippen LogP contribution in [-0.4, -0.2) is 23.9 Å². The number of rotatable bonds is 2. The number of amidine groups is 1. The van der Waals surface area contributed by atoms with E-state index in [2.05, 4.69) is 15.7 Å². The fourth-order valence-electron chi connectivity index (χ4n) is 3.65. The topological polar surface area (TPSA) is 68.6 Å². The molecule has 0 spiro atoms. The second-order valence-electron chi connectivity index (χ2n) is 7.17. The Morgan fingerprint density at radius 2 is 1.94 bits per heavy atom. The zero-order valence-electron chi connectivity index (χ0n) is 15.9. The molecule has 32 heavy (non-hydrogen) atoms. The summed E-state index contributed by atoms with van der Waals surface area (Å²) in [6, 6.07) is 8.08. The Morgan fingerprint density at radius 1 is 1.19 bits per heavy atom. The average Bonchev–Trinajstić information content (AvgIpc) is 3.16.